The Kier molecular flexibility index (Phi) is 6.30. The molecule has 1 aliphatic heterocycles. The first-order valence-electron chi connectivity index (χ1n) is 9.90. The molecule has 164 valence electrons. The number of benzene rings is 2. The molecule has 0 radical (unpaired) electrons. The third kappa shape index (κ3) is 4.26. The van der Waals surface area contributed by atoms with Gasteiger partial charge < -0.3 is 10.1 Å². The number of carbonyl (C=O) groups excluding carboxylic acids is 4. The first kappa shape index (κ1) is 22.0. The summed E-state index contributed by atoms with van der Waals surface area (Å²) in [5, 5.41) is 2.99. The topological polar surface area (TPSA) is 92.8 Å². The van der Waals surface area contributed by atoms with Crippen molar-refractivity contribution in [2.24, 2.45) is 11.8 Å². The van der Waals surface area contributed by atoms with E-state index in [1.807, 2.05) is 12.2 Å². The van der Waals surface area contributed by atoms with E-state index in [1.54, 1.807) is 18.2 Å². The SMILES string of the molecule is O=C(COC(=O)c1ccc(N2C(=O)[C@H]3CC=CC[C@@H]3C2=O)cc1)Nc1cccc(Cl)c1Cl. The molecule has 4 rings (SSSR count). The molecule has 1 aliphatic carbocycles. The molecule has 3 amide bonds. The van der Waals surface area contributed by atoms with Crippen LogP contribution in [-0.2, 0) is 19.1 Å². The van der Waals surface area contributed by atoms with Crippen molar-refractivity contribution >= 4 is 58.3 Å². The van der Waals surface area contributed by atoms with Crippen LogP contribution in [0, 0.1) is 11.8 Å². The van der Waals surface area contributed by atoms with Gasteiger partial charge in [0.1, 0.15) is 0 Å². The van der Waals surface area contributed by atoms with Crippen LogP contribution in [0.2, 0.25) is 10.0 Å². The Labute approximate surface area is 193 Å². The molecule has 0 unspecified atom stereocenters. The summed E-state index contributed by atoms with van der Waals surface area (Å²) in [5.41, 5.74) is 0.889. The van der Waals surface area contributed by atoms with Gasteiger partial charge in [0, 0.05) is 0 Å². The number of allylic oxidation sites excluding steroid dienone is 2. The fourth-order valence-electron chi connectivity index (χ4n) is 3.80. The lowest BCUT2D eigenvalue weighted by Gasteiger charge is -2.15. The molecule has 7 nitrogen and oxygen atoms in total. The molecule has 2 aromatic rings. The van der Waals surface area contributed by atoms with Crippen molar-refractivity contribution in [3.8, 4) is 0 Å². The fraction of sp³-hybridized carbons (Fsp3) is 0.217. The van der Waals surface area contributed by atoms with Gasteiger partial charge in [-0.15, -0.1) is 0 Å². The average Bonchev–Trinajstić information content (AvgIpc) is 3.06. The number of amides is 3. The largest absolute Gasteiger partial charge is 0.452 e. The maximum atomic E-state index is 12.7. The zero-order chi connectivity index (χ0) is 22.8. The van der Waals surface area contributed by atoms with E-state index >= 15 is 0 Å². The molecule has 1 saturated heterocycles. The predicted molar refractivity (Wildman–Crippen MR) is 120 cm³/mol. The van der Waals surface area contributed by atoms with E-state index < -0.39 is 18.5 Å². The molecular weight excluding hydrogens is 455 g/mol. The van der Waals surface area contributed by atoms with Gasteiger partial charge in [0.2, 0.25) is 11.8 Å². The number of carbonyl (C=O) groups is 4. The van der Waals surface area contributed by atoms with E-state index in [4.69, 9.17) is 27.9 Å². The van der Waals surface area contributed by atoms with Gasteiger partial charge in [-0.25, -0.2) is 4.79 Å². The number of rotatable bonds is 5. The van der Waals surface area contributed by atoms with Crippen LogP contribution < -0.4 is 10.2 Å². The minimum atomic E-state index is -0.721. The van der Waals surface area contributed by atoms with Gasteiger partial charge in [-0.1, -0.05) is 41.4 Å². The van der Waals surface area contributed by atoms with Crippen LogP contribution in [0.3, 0.4) is 0 Å². The number of anilines is 2. The summed E-state index contributed by atoms with van der Waals surface area (Å²) in [6, 6.07) is 10.7. The Morgan fingerprint density at radius 3 is 2.22 bits per heavy atom. The smallest absolute Gasteiger partial charge is 0.338 e. The van der Waals surface area contributed by atoms with Crippen molar-refractivity contribution in [3.63, 3.8) is 0 Å². The molecule has 0 bridgehead atoms. The van der Waals surface area contributed by atoms with Crippen LogP contribution >= 0.6 is 23.2 Å². The van der Waals surface area contributed by atoms with E-state index in [9.17, 15) is 19.2 Å². The number of esters is 1. The second kappa shape index (κ2) is 9.14. The van der Waals surface area contributed by atoms with E-state index in [0.717, 1.165) is 0 Å². The third-order valence-electron chi connectivity index (χ3n) is 5.43. The normalized spacial score (nSPS) is 19.6. The fourth-order valence-corrected chi connectivity index (χ4v) is 4.15. The highest BCUT2D eigenvalue weighted by Crippen LogP contribution is 2.37. The first-order chi connectivity index (χ1) is 15.4. The van der Waals surface area contributed by atoms with Crippen molar-refractivity contribution in [1.82, 2.24) is 0 Å². The van der Waals surface area contributed by atoms with E-state index in [0.29, 0.717) is 24.2 Å². The second-order valence-corrected chi connectivity index (χ2v) is 8.23. The molecule has 2 aliphatic rings. The Hall–Kier alpha value is -3.16. The van der Waals surface area contributed by atoms with Crippen LogP contribution in [0.15, 0.2) is 54.6 Å². The molecule has 1 heterocycles. The van der Waals surface area contributed by atoms with Crippen molar-refractivity contribution in [3.05, 3.63) is 70.2 Å². The molecule has 0 aromatic heterocycles. The predicted octanol–water partition coefficient (Wildman–Crippen LogP) is 4.24. The maximum absolute atomic E-state index is 12.7. The summed E-state index contributed by atoms with van der Waals surface area (Å²) in [6.45, 7) is -0.525. The van der Waals surface area contributed by atoms with Gasteiger partial charge >= 0.3 is 5.97 Å². The summed E-state index contributed by atoms with van der Waals surface area (Å²) in [7, 11) is 0. The van der Waals surface area contributed by atoms with Gasteiger partial charge in [0.25, 0.3) is 5.91 Å². The van der Waals surface area contributed by atoms with Gasteiger partial charge in [-0.3, -0.25) is 19.3 Å². The summed E-state index contributed by atoms with van der Waals surface area (Å²) >= 11 is 11.9. The zero-order valence-corrected chi connectivity index (χ0v) is 18.2. The molecule has 0 saturated carbocycles. The quantitative estimate of drug-likeness (QED) is 0.398. The summed E-state index contributed by atoms with van der Waals surface area (Å²) < 4.78 is 5.03. The van der Waals surface area contributed by atoms with Gasteiger partial charge in [-0.2, -0.15) is 0 Å². The summed E-state index contributed by atoms with van der Waals surface area (Å²) in [6.07, 6.45) is 4.95. The number of imide groups is 1. The van der Waals surface area contributed by atoms with E-state index in [2.05, 4.69) is 5.32 Å². The monoisotopic (exact) mass is 472 g/mol. The Bertz CT molecular complexity index is 1100. The lowest BCUT2D eigenvalue weighted by atomic mass is 9.85. The minimum Gasteiger partial charge on any atom is -0.452 e. The Morgan fingerprint density at radius 1 is 0.969 bits per heavy atom. The minimum absolute atomic E-state index is 0.181. The van der Waals surface area contributed by atoms with Crippen LogP contribution in [-0.4, -0.2) is 30.3 Å². The Morgan fingerprint density at radius 2 is 1.59 bits per heavy atom. The highest BCUT2D eigenvalue weighted by atomic mass is 35.5. The summed E-state index contributed by atoms with van der Waals surface area (Å²) in [5.74, 6) is -2.41. The molecule has 32 heavy (non-hydrogen) atoms. The average molecular weight is 473 g/mol. The number of nitrogens with one attached hydrogen (secondary N) is 1. The first-order valence-corrected chi connectivity index (χ1v) is 10.7. The number of hydrogen-bond acceptors (Lipinski definition) is 5. The van der Waals surface area contributed by atoms with Gasteiger partial charge in [-0.05, 0) is 49.2 Å². The highest BCUT2D eigenvalue weighted by molar-refractivity contribution is 6.44. The van der Waals surface area contributed by atoms with Crippen LogP contribution in [0.1, 0.15) is 23.2 Å². The van der Waals surface area contributed by atoms with Crippen molar-refractivity contribution < 1.29 is 23.9 Å². The van der Waals surface area contributed by atoms with Crippen molar-refractivity contribution in [1.29, 1.82) is 0 Å². The number of halogens is 2. The standard InChI is InChI=1S/C23H18Cl2N2O5/c24-17-6-3-7-18(20(17)25)26-19(28)12-32-23(31)13-8-10-14(11-9-13)27-21(29)15-4-1-2-5-16(15)22(27)30/h1-3,6-11,15-16H,4-5,12H2,(H,26,28)/t15-,16-/m0/s1. The van der Waals surface area contributed by atoms with Crippen molar-refractivity contribution in [2.75, 3.05) is 16.8 Å². The molecule has 1 fully saturated rings. The number of hydrogen-bond donors (Lipinski definition) is 1. The molecule has 0 spiro atoms. The lowest BCUT2D eigenvalue weighted by molar-refractivity contribution is -0.122. The molecular formula is C23H18Cl2N2O5. The highest BCUT2D eigenvalue weighted by Gasteiger charge is 2.47. The lowest BCUT2D eigenvalue weighted by Crippen LogP contribution is -2.30. The van der Waals surface area contributed by atoms with E-state index in [1.165, 1.54) is 29.2 Å². The number of nitrogens with zero attached hydrogens (tertiary/aromatic N) is 1. The van der Waals surface area contributed by atoms with Gasteiger partial charge in [0.15, 0.2) is 6.61 Å². The zero-order valence-electron chi connectivity index (χ0n) is 16.7. The summed E-state index contributed by atoms with van der Waals surface area (Å²) in [4.78, 5) is 50.8. The molecule has 2 aromatic carbocycles. The van der Waals surface area contributed by atoms with Crippen LogP contribution in [0.5, 0.6) is 0 Å². The third-order valence-corrected chi connectivity index (χ3v) is 6.25. The number of fused-ring (bicyclic) bond motifs is 1. The van der Waals surface area contributed by atoms with Crippen molar-refractivity contribution in [2.45, 2.75) is 12.8 Å². The van der Waals surface area contributed by atoms with Crippen LogP contribution in [0.25, 0.3) is 0 Å². The number of ether oxygens (including phenoxy) is 1. The van der Waals surface area contributed by atoms with Gasteiger partial charge in [0.05, 0.1) is 38.8 Å². The molecule has 1 N–H and O–H groups in total. The van der Waals surface area contributed by atoms with E-state index in [-0.39, 0.29) is 39.3 Å². The maximum Gasteiger partial charge on any atom is 0.338 e. The molecule has 2 atom stereocenters. The Balaban J connectivity index is 1.36. The van der Waals surface area contributed by atoms with Crippen LogP contribution in [0.4, 0.5) is 11.4 Å². The molecule has 9 heteroatoms. The second-order valence-electron chi connectivity index (χ2n) is 7.44.